The largest absolute Gasteiger partial charge is 0.451 e. The normalized spacial score (nSPS) is 11.1. The van der Waals surface area contributed by atoms with Gasteiger partial charge in [-0.3, -0.25) is 4.79 Å². The van der Waals surface area contributed by atoms with Crippen molar-refractivity contribution in [2.45, 2.75) is 26.4 Å². The Labute approximate surface area is 120 Å². The number of carbonyl (C=O) groups excluding carboxylic acids is 1. The summed E-state index contributed by atoms with van der Waals surface area (Å²) in [4.78, 5) is 17.6. The van der Waals surface area contributed by atoms with Gasteiger partial charge in [-0.15, -0.1) is 0 Å². The van der Waals surface area contributed by atoms with Gasteiger partial charge in [0.1, 0.15) is 11.6 Å². The molecular weight excluding hydrogens is 287 g/mol. The van der Waals surface area contributed by atoms with Crippen LogP contribution in [0, 0.1) is 0 Å². The van der Waals surface area contributed by atoms with Crippen LogP contribution in [0.15, 0.2) is 6.07 Å². The second kappa shape index (κ2) is 7.65. The van der Waals surface area contributed by atoms with Crippen molar-refractivity contribution in [3.05, 3.63) is 11.9 Å². The fourth-order valence-corrected chi connectivity index (χ4v) is 1.44. The van der Waals surface area contributed by atoms with Gasteiger partial charge in [0.25, 0.3) is 0 Å². The lowest BCUT2D eigenvalue weighted by atomic mass is 10.4. The molecule has 3 N–H and O–H groups in total. The zero-order valence-corrected chi connectivity index (χ0v) is 11.8. The van der Waals surface area contributed by atoms with Gasteiger partial charge in [-0.2, -0.15) is 13.2 Å². The van der Waals surface area contributed by atoms with Crippen LogP contribution in [0.1, 0.15) is 26.1 Å². The molecule has 118 valence electrons. The zero-order valence-electron chi connectivity index (χ0n) is 11.8. The third-order valence-corrected chi connectivity index (χ3v) is 2.34. The minimum Gasteiger partial charge on any atom is -0.370 e. The van der Waals surface area contributed by atoms with Gasteiger partial charge in [-0.05, 0) is 6.42 Å². The first-order chi connectivity index (χ1) is 9.82. The highest BCUT2D eigenvalue weighted by molar-refractivity contribution is 5.72. The van der Waals surface area contributed by atoms with E-state index in [4.69, 9.17) is 0 Å². The first-order valence-electron chi connectivity index (χ1n) is 6.51. The predicted octanol–water partition coefficient (Wildman–Crippen LogP) is 1.87. The molecule has 1 aromatic heterocycles. The van der Waals surface area contributed by atoms with Crippen LogP contribution in [0.25, 0.3) is 0 Å². The summed E-state index contributed by atoms with van der Waals surface area (Å²) in [5.41, 5.74) is 0. The van der Waals surface area contributed by atoms with Gasteiger partial charge in [-0.1, -0.05) is 6.92 Å². The third-order valence-electron chi connectivity index (χ3n) is 2.34. The standard InChI is InChI=1S/C12H18F3N5O/c1-3-4-17-9-7-10(18-6-5-16-8(2)21)20-11(19-9)12(13,14)15/h7H,3-6H2,1-2H3,(H,16,21)(H2,17,18,19,20). The predicted molar refractivity (Wildman–Crippen MR) is 73.0 cm³/mol. The molecule has 0 aliphatic rings. The number of rotatable bonds is 7. The fourth-order valence-electron chi connectivity index (χ4n) is 1.44. The van der Waals surface area contributed by atoms with E-state index >= 15 is 0 Å². The van der Waals surface area contributed by atoms with Gasteiger partial charge in [-0.25, -0.2) is 9.97 Å². The second-order valence-electron chi connectivity index (χ2n) is 4.30. The van der Waals surface area contributed by atoms with E-state index in [0.717, 1.165) is 6.42 Å². The van der Waals surface area contributed by atoms with Gasteiger partial charge in [0.15, 0.2) is 0 Å². The van der Waals surface area contributed by atoms with Crippen molar-refractivity contribution in [1.29, 1.82) is 0 Å². The van der Waals surface area contributed by atoms with E-state index in [1.165, 1.54) is 13.0 Å². The van der Waals surface area contributed by atoms with Crippen LogP contribution in [-0.4, -0.2) is 35.5 Å². The molecule has 6 nitrogen and oxygen atoms in total. The molecule has 0 radical (unpaired) electrons. The van der Waals surface area contributed by atoms with Crippen LogP contribution < -0.4 is 16.0 Å². The average molecular weight is 305 g/mol. The summed E-state index contributed by atoms with van der Waals surface area (Å²) in [5, 5.41) is 8.05. The molecule has 0 fully saturated rings. The number of nitrogens with zero attached hydrogens (tertiary/aromatic N) is 2. The van der Waals surface area contributed by atoms with E-state index in [-0.39, 0.29) is 24.1 Å². The zero-order chi connectivity index (χ0) is 15.9. The quantitative estimate of drug-likeness (QED) is 0.670. The highest BCUT2D eigenvalue weighted by Gasteiger charge is 2.35. The summed E-state index contributed by atoms with van der Waals surface area (Å²) in [6.07, 6.45) is -3.85. The van der Waals surface area contributed by atoms with E-state index in [9.17, 15) is 18.0 Å². The Morgan fingerprint density at radius 2 is 1.71 bits per heavy atom. The van der Waals surface area contributed by atoms with Crippen molar-refractivity contribution >= 4 is 17.5 Å². The number of aromatic nitrogens is 2. The van der Waals surface area contributed by atoms with Crippen molar-refractivity contribution < 1.29 is 18.0 Å². The fraction of sp³-hybridized carbons (Fsp3) is 0.583. The Morgan fingerprint density at radius 3 is 2.19 bits per heavy atom. The molecule has 0 aliphatic heterocycles. The van der Waals surface area contributed by atoms with Crippen LogP contribution in [0.5, 0.6) is 0 Å². The molecular formula is C12H18F3N5O. The maximum atomic E-state index is 12.7. The van der Waals surface area contributed by atoms with Crippen LogP contribution in [0.3, 0.4) is 0 Å². The molecule has 1 heterocycles. The average Bonchev–Trinajstić information content (AvgIpc) is 2.40. The van der Waals surface area contributed by atoms with Gasteiger partial charge in [0, 0.05) is 32.6 Å². The Hall–Kier alpha value is -2.06. The summed E-state index contributed by atoms with van der Waals surface area (Å²) in [6, 6.07) is 1.40. The molecule has 0 atom stereocenters. The van der Waals surface area contributed by atoms with Gasteiger partial charge >= 0.3 is 6.18 Å². The highest BCUT2D eigenvalue weighted by atomic mass is 19.4. The number of hydrogen-bond acceptors (Lipinski definition) is 5. The Morgan fingerprint density at radius 1 is 1.14 bits per heavy atom. The minimum absolute atomic E-state index is 0.0567. The molecule has 0 saturated heterocycles. The van der Waals surface area contributed by atoms with E-state index in [2.05, 4.69) is 25.9 Å². The smallest absolute Gasteiger partial charge is 0.370 e. The number of halogens is 3. The molecule has 9 heteroatoms. The number of amides is 1. The SMILES string of the molecule is CCCNc1cc(NCCNC(C)=O)nc(C(F)(F)F)n1. The molecule has 0 spiro atoms. The lowest BCUT2D eigenvalue weighted by Crippen LogP contribution is -2.26. The van der Waals surface area contributed by atoms with E-state index in [1.54, 1.807) is 0 Å². The maximum Gasteiger partial charge on any atom is 0.451 e. The summed E-state index contributed by atoms with van der Waals surface area (Å²) in [5.74, 6) is -1.24. The number of alkyl halides is 3. The molecule has 1 amide bonds. The van der Waals surface area contributed by atoms with Crippen molar-refractivity contribution in [3.63, 3.8) is 0 Å². The lowest BCUT2D eigenvalue weighted by Gasteiger charge is -2.12. The van der Waals surface area contributed by atoms with Crippen molar-refractivity contribution in [2.24, 2.45) is 0 Å². The van der Waals surface area contributed by atoms with Crippen LogP contribution in [0.2, 0.25) is 0 Å². The molecule has 0 unspecified atom stereocenters. The number of hydrogen-bond donors (Lipinski definition) is 3. The van der Waals surface area contributed by atoms with Gasteiger partial charge in [0.05, 0.1) is 0 Å². The second-order valence-corrected chi connectivity index (χ2v) is 4.30. The molecule has 21 heavy (non-hydrogen) atoms. The molecule has 0 saturated carbocycles. The molecule has 0 aliphatic carbocycles. The van der Waals surface area contributed by atoms with E-state index in [0.29, 0.717) is 13.1 Å². The van der Waals surface area contributed by atoms with Gasteiger partial charge in [0.2, 0.25) is 11.7 Å². The first kappa shape index (κ1) is 17.0. The number of carbonyl (C=O) groups is 1. The molecule has 0 aromatic carbocycles. The van der Waals surface area contributed by atoms with Crippen molar-refractivity contribution in [3.8, 4) is 0 Å². The van der Waals surface area contributed by atoms with Crippen LogP contribution in [-0.2, 0) is 11.0 Å². The topological polar surface area (TPSA) is 78.9 Å². The van der Waals surface area contributed by atoms with E-state index < -0.39 is 12.0 Å². The summed E-state index contributed by atoms with van der Waals surface area (Å²) >= 11 is 0. The Bertz CT molecular complexity index is 478. The Kier molecular flexibility index (Phi) is 6.19. The lowest BCUT2D eigenvalue weighted by molar-refractivity contribution is -0.144. The number of anilines is 2. The first-order valence-corrected chi connectivity index (χ1v) is 6.51. The Balaban J connectivity index is 2.78. The monoisotopic (exact) mass is 305 g/mol. The summed E-state index contributed by atoms with van der Waals surface area (Å²) in [7, 11) is 0. The minimum atomic E-state index is -4.61. The highest BCUT2D eigenvalue weighted by Crippen LogP contribution is 2.28. The number of nitrogens with one attached hydrogen (secondary N) is 3. The molecule has 1 aromatic rings. The summed E-state index contributed by atoms with van der Waals surface area (Å²) < 4.78 is 38.2. The van der Waals surface area contributed by atoms with Gasteiger partial charge < -0.3 is 16.0 Å². The van der Waals surface area contributed by atoms with Crippen molar-refractivity contribution in [2.75, 3.05) is 30.3 Å². The van der Waals surface area contributed by atoms with Crippen LogP contribution in [0.4, 0.5) is 24.8 Å². The summed E-state index contributed by atoms with van der Waals surface area (Å²) in [6.45, 7) is 4.32. The molecule has 1 rings (SSSR count). The van der Waals surface area contributed by atoms with Crippen LogP contribution >= 0.6 is 0 Å². The maximum absolute atomic E-state index is 12.7. The molecule has 0 bridgehead atoms. The van der Waals surface area contributed by atoms with E-state index in [1.807, 2.05) is 6.92 Å². The third kappa shape index (κ3) is 6.28. The van der Waals surface area contributed by atoms with Crippen molar-refractivity contribution in [1.82, 2.24) is 15.3 Å².